The number of carbonyl (C=O) groups excluding carboxylic acids is 1. The summed E-state index contributed by atoms with van der Waals surface area (Å²) in [7, 11) is 0. The summed E-state index contributed by atoms with van der Waals surface area (Å²) >= 11 is 1.36. The fraction of sp³-hybridized carbons (Fsp3) is 0.278. The number of esters is 1. The first kappa shape index (κ1) is 33.4. The molecule has 10 heteroatoms. The van der Waals surface area contributed by atoms with Gasteiger partial charge in [-0.05, 0) is 29.3 Å². The molecule has 4 aromatic carbocycles. The van der Waals surface area contributed by atoms with Gasteiger partial charge in [0, 0.05) is 23.6 Å². The number of alkyl halides is 3. The normalized spacial score (nSPS) is 21.7. The lowest BCUT2D eigenvalue weighted by Crippen LogP contribution is -2.59. The molecule has 0 saturated carbocycles. The maximum Gasteiger partial charge on any atom is 0.417 e. The summed E-state index contributed by atoms with van der Waals surface area (Å²) in [6.07, 6.45) is -5.69. The van der Waals surface area contributed by atoms with Crippen LogP contribution in [0.4, 0.5) is 13.2 Å². The van der Waals surface area contributed by atoms with Gasteiger partial charge in [0.25, 0.3) is 0 Å². The molecule has 5 rings (SSSR count). The van der Waals surface area contributed by atoms with Crippen LogP contribution in [-0.4, -0.2) is 48.6 Å². The van der Waals surface area contributed by atoms with E-state index >= 15 is 0 Å². The molecule has 4 aromatic rings. The number of ether oxygens (including phenoxy) is 4. The Labute approximate surface area is 270 Å². The lowest BCUT2D eigenvalue weighted by molar-refractivity contribution is -0.210. The van der Waals surface area contributed by atoms with Crippen molar-refractivity contribution in [2.24, 2.45) is 4.99 Å². The lowest BCUT2D eigenvalue weighted by atomic mass is 9.97. The fourth-order valence-corrected chi connectivity index (χ4v) is 6.22. The maximum absolute atomic E-state index is 13.9. The molecule has 1 heterocycles. The standard InChI is InChI=1S/C36H34F3NO5S/c1-25(41)42-24-31-33(43-22-26-13-5-2-6-14-26)34(44-23-27-15-7-3-8-16-27)32(35(45-31)46-29-18-9-4-10-19-29)40-21-28-17-11-12-20-30(28)36(37,38)39/h2-21,31-35H,22-24H2,1H3/t31-,32-,33-,34-,35-/m1/s1. The van der Waals surface area contributed by atoms with Gasteiger partial charge < -0.3 is 18.9 Å². The third-order valence-corrected chi connectivity index (χ3v) is 8.45. The van der Waals surface area contributed by atoms with E-state index in [2.05, 4.69) is 0 Å². The molecular formula is C36H34F3NO5S. The van der Waals surface area contributed by atoms with Gasteiger partial charge in [-0.3, -0.25) is 9.79 Å². The highest BCUT2D eigenvalue weighted by Gasteiger charge is 2.48. The second-order valence-corrected chi connectivity index (χ2v) is 11.8. The first-order valence-corrected chi connectivity index (χ1v) is 15.7. The van der Waals surface area contributed by atoms with Crippen LogP contribution < -0.4 is 0 Å². The number of halogens is 3. The van der Waals surface area contributed by atoms with Gasteiger partial charge >= 0.3 is 12.1 Å². The van der Waals surface area contributed by atoms with Crippen molar-refractivity contribution in [2.45, 2.75) is 61.0 Å². The van der Waals surface area contributed by atoms with Crippen molar-refractivity contribution in [2.75, 3.05) is 6.61 Å². The Morgan fingerprint density at radius 2 is 1.35 bits per heavy atom. The van der Waals surface area contributed by atoms with Crippen molar-refractivity contribution in [3.8, 4) is 0 Å². The third kappa shape index (κ3) is 9.29. The lowest BCUT2D eigenvalue weighted by Gasteiger charge is -2.44. The van der Waals surface area contributed by atoms with E-state index in [-0.39, 0.29) is 25.4 Å². The minimum atomic E-state index is -4.57. The van der Waals surface area contributed by atoms with Crippen LogP contribution in [-0.2, 0) is 43.1 Å². The van der Waals surface area contributed by atoms with E-state index in [1.54, 1.807) is 0 Å². The molecule has 0 aromatic heterocycles. The number of rotatable bonds is 12. The summed E-state index contributed by atoms with van der Waals surface area (Å²) in [4.78, 5) is 17.5. The molecule has 1 aliphatic heterocycles. The zero-order chi connectivity index (χ0) is 32.4. The molecule has 0 amide bonds. The number of hydrogen-bond donors (Lipinski definition) is 0. The molecule has 1 fully saturated rings. The number of aliphatic imine (C=N–C) groups is 1. The summed E-state index contributed by atoms with van der Waals surface area (Å²) in [6, 6.07) is 33.0. The highest BCUT2D eigenvalue weighted by Crippen LogP contribution is 2.38. The molecular weight excluding hydrogens is 615 g/mol. The SMILES string of the molecule is CC(=O)OC[C@H]1O[C@H](Sc2ccccc2)[C@H](N=Cc2ccccc2C(F)(F)F)[C@@H](OCc2ccccc2)[C@@H]1OCc1ccccc1. The molecule has 0 aliphatic carbocycles. The van der Waals surface area contributed by atoms with Crippen molar-refractivity contribution in [3.63, 3.8) is 0 Å². The van der Waals surface area contributed by atoms with Crippen LogP contribution in [0, 0.1) is 0 Å². The van der Waals surface area contributed by atoms with E-state index in [0.29, 0.717) is 0 Å². The van der Waals surface area contributed by atoms with Gasteiger partial charge in [0.15, 0.2) is 0 Å². The van der Waals surface area contributed by atoms with Gasteiger partial charge in [0.1, 0.15) is 36.4 Å². The van der Waals surface area contributed by atoms with Crippen molar-refractivity contribution in [1.29, 1.82) is 0 Å². The number of hydrogen-bond acceptors (Lipinski definition) is 7. The zero-order valence-electron chi connectivity index (χ0n) is 25.1. The molecule has 0 unspecified atom stereocenters. The van der Waals surface area contributed by atoms with Crippen LogP contribution in [0.1, 0.15) is 29.2 Å². The molecule has 0 radical (unpaired) electrons. The molecule has 5 atom stereocenters. The number of thioether (sulfide) groups is 1. The number of nitrogens with zero attached hydrogens (tertiary/aromatic N) is 1. The Morgan fingerprint density at radius 3 is 1.93 bits per heavy atom. The minimum absolute atomic E-state index is 0.0796. The van der Waals surface area contributed by atoms with Crippen molar-refractivity contribution in [1.82, 2.24) is 0 Å². The summed E-state index contributed by atoms with van der Waals surface area (Å²) in [6.45, 7) is 1.58. The Bertz CT molecular complexity index is 1560. The molecule has 46 heavy (non-hydrogen) atoms. The summed E-state index contributed by atoms with van der Waals surface area (Å²) in [5, 5.41) is 0. The molecule has 1 aliphatic rings. The Hall–Kier alpha value is -3.96. The van der Waals surface area contributed by atoms with Gasteiger partial charge in [0.05, 0.1) is 18.8 Å². The van der Waals surface area contributed by atoms with Gasteiger partial charge in [0.2, 0.25) is 0 Å². The third-order valence-electron chi connectivity index (χ3n) is 7.28. The van der Waals surface area contributed by atoms with Gasteiger partial charge in [-0.25, -0.2) is 0 Å². The highest BCUT2D eigenvalue weighted by molar-refractivity contribution is 7.99. The zero-order valence-corrected chi connectivity index (χ0v) is 25.9. The van der Waals surface area contributed by atoms with Crippen LogP contribution in [0.2, 0.25) is 0 Å². The van der Waals surface area contributed by atoms with Crippen LogP contribution in [0.3, 0.4) is 0 Å². The van der Waals surface area contributed by atoms with Gasteiger partial charge in [-0.1, -0.05) is 109 Å². The average Bonchev–Trinajstić information content (AvgIpc) is 3.06. The van der Waals surface area contributed by atoms with Crippen molar-refractivity contribution >= 4 is 23.9 Å². The van der Waals surface area contributed by atoms with E-state index in [4.69, 9.17) is 23.9 Å². The maximum atomic E-state index is 13.9. The summed E-state index contributed by atoms with van der Waals surface area (Å²) in [5.74, 6) is -0.483. The molecule has 6 nitrogen and oxygen atoms in total. The predicted octanol–water partition coefficient (Wildman–Crippen LogP) is 7.74. The predicted molar refractivity (Wildman–Crippen MR) is 170 cm³/mol. The van der Waals surface area contributed by atoms with Crippen molar-refractivity contribution < 1.29 is 36.9 Å². The quantitative estimate of drug-likeness (QED) is 0.116. The van der Waals surface area contributed by atoms with E-state index in [1.165, 1.54) is 43.1 Å². The first-order valence-electron chi connectivity index (χ1n) is 14.8. The van der Waals surface area contributed by atoms with Gasteiger partial charge in [-0.2, -0.15) is 13.2 Å². The van der Waals surface area contributed by atoms with E-state index in [1.807, 2.05) is 91.0 Å². The smallest absolute Gasteiger partial charge is 0.417 e. The molecule has 0 spiro atoms. The average molecular weight is 650 g/mol. The second-order valence-electron chi connectivity index (χ2n) is 10.7. The fourth-order valence-electron chi connectivity index (χ4n) is 5.07. The van der Waals surface area contributed by atoms with E-state index < -0.39 is 47.5 Å². The number of carbonyl (C=O) groups is 1. The van der Waals surface area contributed by atoms with Crippen molar-refractivity contribution in [3.05, 3.63) is 138 Å². The monoisotopic (exact) mass is 649 g/mol. The second kappa shape index (κ2) is 16.0. The van der Waals surface area contributed by atoms with Crippen LogP contribution in [0.15, 0.2) is 125 Å². The van der Waals surface area contributed by atoms with Gasteiger partial charge in [-0.15, -0.1) is 0 Å². The summed E-state index contributed by atoms with van der Waals surface area (Å²) < 4.78 is 66.8. The summed E-state index contributed by atoms with van der Waals surface area (Å²) in [5.41, 5.74) is 0.188. The Morgan fingerprint density at radius 1 is 0.804 bits per heavy atom. The highest BCUT2D eigenvalue weighted by atomic mass is 32.2. The molecule has 0 bridgehead atoms. The molecule has 1 saturated heterocycles. The molecule has 0 N–H and O–H groups in total. The number of benzene rings is 4. The Kier molecular flexibility index (Phi) is 11.7. The van der Waals surface area contributed by atoms with E-state index in [9.17, 15) is 18.0 Å². The van der Waals surface area contributed by atoms with Crippen LogP contribution in [0.25, 0.3) is 0 Å². The Balaban J connectivity index is 1.56. The topological polar surface area (TPSA) is 66.4 Å². The van der Waals surface area contributed by atoms with Crippen LogP contribution >= 0.6 is 11.8 Å². The molecule has 240 valence electrons. The van der Waals surface area contributed by atoms with Crippen LogP contribution in [0.5, 0.6) is 0 Å². The minimum Gasteiger partial charge on any atom is -0.463 e. The largest absolute Gasteiger partial charge is 0.463 e. The van der Waals surface area contributed by atoms with E-state index in [0.717, 1.165) is 22.1 Å². The first-order chi connectivity index (χ1) is 22.3.